The standard InChI is InChI=1S/C52H63F3N6O10S/c1-32(35-10-12-36(13-11-35)44-33(2)57-31-72-44)58-47(64)42-24-38(62)28-61(42)48(65)45(50(3,4)5)59-43(63)29-69-21-20-67-18-19-68-22-23-70-39-15-8-34(9-16-39)27-60-30-51(6,7)46(49(60)66)71-40-17-14-37(26-56)41(25-40)52(53,54)55/h8-17,25,31-32,38,42,45-46,62H,18-24,27-30H2,1-7H3,(H,58,64)(H,59,63)/t32-,38+,42-,45?,46-/m0/s1. The van der Waals surface area contributed by atoms with Crippen LogP contribution in [0.4, 0.5) is 13.2 Å². The zero-order chi connectivity index (χ0) is 52.4. The number of aryl methyl sites for hydroxylation is 1. The van der Waals surface area contributed by atoms with Crippen molar-refractivity contribution in [2.24, 2.45) is 10.8 Å². The number of nitrogens with one attached hydrogen (secondary N) is 2. The van der Waals surface area contributed by atoms with Crippen molar-refractivity contribution in [3.05, 3.63) is 100 Å². The number of β-amino-alcohol motifs (C(OH)–C–C–N with tert-alkyl or cyclic N) is 1. The lowest BCUT2D eigenvalue weighted by Gasteiger charge is -2.35. The lowest BCUT2D eigenvalue weighted by atomic mass is 9.85. The molecule has 0 saturated carbocycles. The van der Waals surface area contributed by atoms with Gasteiger partial charge in [0.15, 0.2) is 6.10 Å². The minimum Gasteiger partial charge on any atom is -0.491 e. The van der Waals surface area contributed by atoms with Crippen molar-refractivity contribution in [3.63, 3.8) is 0 Å². The first-order chi connectivity index (χ1) is 34.0. The summed E-state index contributed by atoms with van der Waals surface area (Å²) < 4.78 is 68.8. The third-order valence-corrected chi connectivity index (χ3v) is 13.3. The van der Waals surface area contributed by atoms with E-state index in [-0.39, 0.29) is 83.5 Å². The number of likely N-dealkylation sites (tertiary alicyclic amines) is 2. The molecular formula is C52H63F3N6O10S. The molecule has 4 amide bonds. The number of nitrogens with zero attached hydrogens (tertiary/aromatic N) is 4. The summed E-state index contributed by atoms with van der Waals surface area (Å²) in [5, 5.41) is 25.5. The molecule has 0 radical (unpaired) electrons. The Kier molecular flexibility index (Phi) is 18.5. The zero-order valence-electron chi connectivity index (χ0n) is 41.5. The van der Waals surface area contributed by atoms with Crippen LogP contribution in [-0.4, -0.2) is 127 Å². The summed E-state index contributed by atoms with van der Waals surface area (Å²) in [7, 11) is 0. The highest BCUT2D eigenvalue weighted by molar-refractivity contribution is 7.13. The average molecular weight is 1020 g/mol. The second kappa shape index (κ2) is 24.1. The van der Waals surface area contributed by atoms with Crippen molar-refractivity contribution < 1.29 is 61.1 Å². The van der Waals surface area contributed by atoms with Crippen LogP contribution in [0.15, 0.2) is 72.2 Å². The van der Waals surface area contributed by atoms with E-state index >= 15 is 0 Å². The van der Waals surface area contributed by atoms with Crippen LogP contribution in [0.5, 0.6) is 11.5 Å². The highest BCUT2D eigenvalue weighted by atomic mass is 32.1. The maximum Gasteiger partial charge on any atom is 0.417 e. The van der Waals surface area contributed by atoms with E-state index in [9.17, 15) is 37.5 Å². The van der Waals surface area contributed by atoms with Crippen molar-refractivity contribution in [2.45, 2.75) is 97.9 Å². The van der Waals surface area contributed by atoms with Gasteiger partial charge >= 0.3 is 6.18 Å². The second-order valence-corrected chi connectivity index (χ2v) is 20.5. The number of aliphatic hydroxyl groups is 1. The summed E-state index contributed by atoms with van der Waals surface area (Å²) in [5.41, 5.74) is 2.38. The van der Waals surface area contributed by atoms with E-state index in [4.69, 9.17) is 28.9 Å². The molecule has 3 heterocycles. The molecule has 388 valence electrons. The molecule has 3 N–H and O–H groups in total. The topological polar surface area (TPSA) is 202 Å². The molecule has 5 atom stereocenters. The van der Waals surface area contributed by atoms with Gasteiger partial charge in [-0.3, -0.25) is 19.2 Å². The van der Waals surface area contributed by atoms with Crippen molar-refractivity contribution in [2.75, 3.05) is 59.3 Å². The van der Waals surface area contributed by atoms with Crippen LogP contribution in [0.3, 0.4) is 0 Å². The second-order valence-electron chi connectivity index (χ2n) is 19.6. The Hall–Kier alpha value is -6.11. The Bertz CT molecular complexity index is 2540. The molecule has 6 rings (SSSR count). The predicted octanol–water partition coefficient (Wildman–Crippen LogP) is 6.62. The number of halogens is 3. The number of amides is 4. The molecule has 1 aromatic heterocycles. The van der Waals surface area contributed by atoms with Crippen LogP contribution in [-0.2, 0) is 46.1 Å². The van der Waals surface area contributed by atoms with Gasteiger partial charge in [-0.15, -0.1) is 11.3 Å². The first kappa shape index (κ1) is 55.2. The fraction of sp³-hybridized carbons (Fsp3) is 0.500. The molecular weight excluding hydrogens is 958 g/mol. The highest BCUT2D eigenvalue weighted by Gasteiger charge is 2.49. The zero-order valence-corrected chi connectivity index (χ0v) is 42.4. The number of benzene rings is 3. The monoisotopic (exact) mass is 1020 g/mol. The summed E-state index contributed by atoms with van der Waals surface area (Å²) >= 11 is 1.56. The minimum atomic E-state index is -4.76. The van der Waals surface area contributed by atoms with Gasteiger partial charge < -0.3 is 49.2 Å². The smallest absolute Gasteiger partial charge is 0.417 e. The van der Waals surface area contributed by atoms with Crippen molar-refractivity contribution in [1.82, 2.24) is 25.4 Å². The Morgan fingerprint density at radius 3 is 2.18 bits per heavy atom. The molecule has 4 aromatic rings. The first-order valence-electron chi connectivity index (χ1n) is 23.7. The van der Waals surface area contributed by atoms with Crippen LogP contribution >= 0.6 is 11.3 Å². The number of aliphatic hydroxyl groups excluding tert-OH is 1. The molecule has 0 aliphatic carbocycles. The van der Waals surface area contributed by atoms with Gasteiger partial charge in [-0.1, -0.05) is 71.0 Å². The number of carbonyl (C=O) groups excluding carboxylic acids is 4. The van der Waals surface area contributed by atoms with Crippen LogP contribution < -0.4 is 20.1 Å². The molecule has 3 aromatic carbocycles. The van der Waals surface area contributed by atoms with Gasteiger partial charge in [-0.2, -0.15) is 18.4 Å². The fourth-order valence-corrected chi connectivity index (χ4v) is 9.33. The lowest BCUT2D eigenvalue weighted by molar-refractivity contribution is -0.144. The van der Waals surface area contributed by atoms with Gasteiger partial charge in [0.1, 0.15) is 36.8 Å². The van der Waals surface area contributed by atoms with Gasteiger partial charge in [0.2, 0.25) is 17.7 Å². The van der Waals surface area contributed by atoms with E-state index < -0.39 is 70.1 Å². The Labute approximate surface area is 421 Å². The lowest BCUT2D eigenvalue weighted by Crippen LogP contribution is -2.58. The van der Waals surface area contributed by atoms with Gasteiger partial charge in [0.05, 0.1) is 78.5 Å². The van der Waals surface area contributed by atoms with E-state index in [1.807, 2.05) is 71.0 Å². The van der Waals surface area contributed by atoms with Gasteiger partial charge in [-0.05, 0) is 66.3 Å². The number of nitriles is 1. The molecule has 0 bridgehead atoms. The van der Waals surface area contributed by atoms with Crippen molar-refractivity contribution in [1.29, 1.82) is 5.26 Å². The average Bonchev–Trinajstić information content (AvgIpc) is 4.00. The molecule has 16 nitrogen and oxygen atoms in total. The summed E-state index contributed by atoms with van der Waals surface area (Å²) in [6.07, 6.45) is -6.62. The largest absolute Gasteiger partial charge is 0.491 e. The molecule has 2 aliphatic heterocycles. The summed E-state index contributed by atoms with van der Waals surface area (Å²) in [4.78, 5) is 62.4. The minimum absolute atomic E-state index is 0.0467. The van der Waals surface area contributed by atoms with E-state index in [0.29, 0.717) is 12.3 Å². The molecule has 20 heteroatoms. The maximum absolute atomic E-state index is 14.0. The Morgan fingerprint density at radius 2 is 1.57 bits per heavy atom. The fourth-order valence-electron chi connectivity index (χ4n) is 8.51. The Morgan fingerprint density at radius 1 is 0.931 bits per heavy atom. The number of aromatic nitrogens is 1. The molecule has 2 aliphatic rings. The number of carbonyl (C=O) groups is 4. The Balaban J connectivity index is 0.844. The van der Waals surface area contributed by atoms with Gasteiger partial charge in [-0.25, -0.2) is 4.98 Å². The number of hydrogen-bond donors (Lipinski definition) is 3. The normalized spacial score (nSPS) is 18.6. The molecule has 2 fully saturated rings. The van der Waals surface area contributed by atoms with Crippen LogP contribution in [0.1, 0.15) is 82.0 Å². The number of alkyl halides is 3. The number of hydrogen-bond acceptors (Lipinski definition) is 13. The number of rotatable bonds is 22. The van der Waals surface area contributed by atoms with E-state index in [2.05, 4.69) is 15.6 Å². The quantitative estimate of drug-likeness (QED) is 0.0712. The summed E-state index contributed by atoms with van der Waals surface area (Å²) in [6.45, 7) is 14.4. The van der Waals surface area contributed by atoms with E-state index in [0.717, 1.165) is 39.4 Å². The van der Waals surface area contributed by atoms with Crippen LogP contribution in [0.2, 0.25) is 0 Å². The third kappa shape index (κ3) is 14.5. The maximum atomic E-state index is 14.0. The van der Waals surface area contributed by atoms with E-state index in [1.54, 1.807) is 53.8 Å². The third-order valence-electron chi connectivity index (χ3n) is 12.3. The summed E-state index contributed by atoms with van der Waals surface area (Å²) in [6, 6.07) is 17.3. The first-order valence-corrected chi connectivity index (χ1v) is 24.5. The predicted molar refractivity (Wildman–Crippen MR) is 261 cm³/mol. The van der Waals surface area contributed by atoms with E-state index in [1.165, 1.54) is 11.0 Å². The number of ether oxygens (including phenoxy) is 5. The highest BCUT2D eigenvalue weighted by Crippen LogP contribution is 2.38. The van der Waals surface area contributed by atoms with Crippen molar-refractivity contribution in [3.8, 4) is 28.0 Å². The molecule has 2 saturated heterocycles. The van der Waals surface area contributed by atoms with Crippen LogP contribution in [0.25, 0.3) is 10.4 Å². The molecule has 0 spiro atoms. The van der Waals surface area contributed by atoms with Gasteiger partial charge in [0.25, 0.3) is 5.91 Å². The number of thiazole rings is 1. The summed E-state index contributed by atoms with van der Waals surface area (Å²) in [5.74, 6) is -1.31. The van der Waals surface area contributed by atoms with Crippen LogP contribution in [0, 0.1) is 29.1 Å². The van der Waals surface area contributed by atoms with Gasteiger partial charge in [0, 0.05) is 31.5 Å². The SMILES string of the molecule is Cc1ncsc1-c1ccc([C@H](C)NC(=O)[C@@H]2C[C@@H](O)CN2C(=O)C(NC(=O)COCCOCCOCCOc2ccc(CN3CC(C)(C)[C@@H](Oc4ccc(C#N)c(C(F)(F)F)c4)C3=O)cc2)C(C)(C)C)cc1. The van der Waals surface area contributed by atoms with Crippen molar-refractivity contribution >= 4 is 35.0 Å². The molecule has 1 unspecified atom stereocenters. The molecule has 72 heavy (non-hydrogen) atoms.